The van der Waals surface area contributed by atoms with Gasteiger partial charge in [0.25, 0.3) is 0 Å². The number of rotatable bonds is 9. The third-order valence-electron chi connectivity index (χ3n) is 1.27. The highest BCUT2D eigenvalue weighted by Gasteiger charge is 1.90. The van der Waals surface area contributed by atoms with Crippen molar-refractivity contribution in [2.75, 3.05) is 36.2 Å². The Morgan fingerprint density at radius 1 is 0.667 bits per heavy atom. The fourth-order valence-corrected chi connectivity index (χ4v) is 2.67. The molecule has 0 aliphatic carbocycles. The van der Waals surface area contributed by atoms with Crippen LogP contribution in [0.2, 0.25) is 0 Å². The van der Waals surface area contributed by atoms with Gasteiger partial charge in [0, 0.05) is 24.7 Å². The number of hydrogen-bond donors (Lipinski definition) is 2. The minimum atomic E-state index is 0.310. The largest absolute Gasteiger partial charge is 0.396 e. The maximum Gasteiger partial charge on any atom is 0.0438 e. The number of hydrogen-bond acceptors (Lipinski definition) is 4. The average Bonchev–Trinajstić information content (AvgIpc) is 2.10. The molecule has 12 heavy (non-hydrogen) atoms. The lowest BCUT2D eigenvalue weighted by Gasteiger charge is -1.99. The highest BCUT2D eigenvalue weighted by Crippen LogP contribution is 2.08. The van der Waals surface area contributed by atoms with Crippen molar-refractivity contribution in [1.29, 1.82) is 0 Å². The summed E-state index contributed by atoms with van der Waals surface area (Å²) in [6, 6.07) is 0. The van der Waals surface area contributed by atoms with Gasteiger partial charge in [0.2, 0.25) is 0 Å². The summed E-state index contributed by atoms with van der Waals surface area (Å²) in [6.07, 6.45) is 1.82. The van der Waals surface area contributed by atoms with Crippen molar-refractivity contribution in [3.8, 4) is 0 Å². The van der Waals surface area contributed by atoms with Crippen LogP contribution < -0.4 is 0 Å². The van der Waals surface area contributed by atoms with Gasteiger partial charge in [-0.1, -0.05) is 0 Å². The summed E-state index contributed by atoms with van der Waals surface area (Å²) in [6.45, 7) is 0.620. The highest BCUT2D eigenvalue weighted by molar-refractivity contribution is 8.02. The van der Waals surface area contributed by atoms with Crippen LogP contribution in [0.3, 0.4) is 0 Å². The lowest BCUT2D eigenvalue weighted by Crippen LogP contribution is -1.92. The monoisotopic (exact) mass is 210 g/mol. The van der Waals surface area contributed by atoms with Crippen molar-refractivity contribution in [2.24, 2.45) is 0 Å². The van der Waals surface area contributed by atoms with Gasteiger partial charge in [0.1, 0.15) is 0 Å². The molecule has 74 valence electrons. The summed E-state index contributed by atoms with van der Waals surface area (Å²) in [4.78, 5) is 0. The normalized spacial score (nSPS) is 10.5. The fourth-order valence-electron chi connectivity index (χ4n) is 0.655. The van der Waals surface area contributed by atoms with E-state index in [9.17, 15) is 0 Å². The molecule has 2 nitrogen and oxygen atoms in total. The zero-order valence-corrected chi connectivity index (χ0v) is 9.00. The maximum absolute atomic E-state index is 8.49. The second-order valence-electron chi connectivity index (χ2n) is 2.38. The van der Waals surface area contributed by atoms with Gasteiger partial charge in [-0.3, -0.25) is 0 Å². The molecule has 0 bridgehead atoms. The van der Waals surface area contributed by atoms with Crippen LogP contribution in [0.25, 0.3) is 0 Å². The van der Waals surface area contributed by atoms with E-state index < -0.39 is 0 Å². The average molecular weight is 210 g/mol. The summed E-state index contributed by atoms with van der Waals surface area (Å²) >= 11 is 3.79. The molecule has 0 saturated carbocycles. The molecule has 2 N–H and O–H groups in total. The molecule has 0 saturated heterocycles. The molecular weight excluding hydrogens is 192 g/mol. The van der Waals surface area contributed by atoms with Gasteiger partial charge in [0.15, 0.2) is 0 Å². The molecule has 0 spiro atoms. The molecule has 0 aromatic rings. The van der Waals surface area contributed by atoms with E-state index in [4.69, 9.17) is 10.2 Å². The van der Waals surface area contributed by atoms with Crippen molar-refractivity contribution in [3.05, 3.63) is 0 Å². The first-order valence-corrected chi connectivity index (χ1v) is 6.60. The quantitative estimate of drug-likeness (QED) is 0.561. The fraction of sp³-hybridized carbons (Fsp3) is 1.00. The van der Waals surface area contributed by atoms with E-state index in [1.165, 1.54) is 0 Å². The van der Waals surface area contributed by atoms with E-state index in [1.807, 2.05) is 23.5 Å². The van der Waals surface area contributed by atoms with Gasteiger partial charge in [0.05, 0.1) is 0 Å². The van der Waals surface area contributed by atoms with Gasteiger partial charge in [-0.25, -0.2) is 0 Å². The molecular formula is C8H18O2S2. The second kappa shape index (κ2) is 11.6. The number of aliphatic hydroxyl groups excluding tert-OH is 2. The summed E-state index contributed by atoms with van der Waals surface area (Å²) < 4.78 is 0. The molecule has 0 aromatic heterocycles. The Bertz CT molecular complexity index is 71.5. The van der Waals surface area contributed by atoms with Crippen molar-refractivity contribution >= 4 is 23.5 Å². The molecule has 4 heteroatoms. The number of thioether (sulfide) groups is 2. The zero-order valence-electron chi connectivity index (χ0n) is 7.37. The molecule has 0 aliphatic heterocycles. The van der Waals surface area contributed by atoms with E-state index in [-0.39, 0.29) is 0 Å². The van der Waals surface area contributed by atoms with Crippen molar-refractivity contribution in [3.63, 3.8) is 0 Å². The van der Waals surface area contributed by atoms with Crippen LogP contribution in [-0.2, 0) is 0 Å². The predicted molar refractivity (Wildman–Crippen MR) is 58.1 cm³/mol. The first-order chi connectivity index (χ1) is 5.91. The Hall–Kier alpha value is 0.620. The Balaban J connectivity index is 2.73. The minimum absolute atomic E-state index is 0.310. The van der Waals surface area contributed by atoms with Crippen LogP contribution in [0.1, 0.15) is 12.8 Å². The highest BCUT2D eigenvalue weighted by atomic mass is 32.2. The summed E-state index contributed by atoms with van der Waals surface area (Å²) in [5.74, 6) is 4.46. The standard InChI is InChI=1S/C8H18O2S2/c9-3-1-5-11-7-8-12-6-2-4-10/h9-10H,1-8H2. The molecule has 0 aliphatic rings. The first-order valence-electron chi connectivity index (χ1n) is 4.29. The Labute approximate surface area is 83.1 Å². The third-order valence-corrected chi connectivity index (χ3v) is 3.66. The SMILES string of the molecule is OCCCSCCSCCCO. The molecule has 0 unspecified atom stereocenters. The van der Waals surface area contributed by atoms with E-state index >= 15 is 0 Å². The minimum Gasteiger partial charge on any atom is -0.396 e. The van der Waals surface area contributed by atoms with Crippen LogP contribution in [0.15, 0.2) is 0 Å². The zero-order chi connectivity index (χ0) is 9.07. The van der Waals surface area contributed by atoms with Gasteiger partial charge < -0.3 is 10.2 Å². The van der Waals surface area contributed by atoms with E-state index in [0.717, 1.165) is 35.9 Å². The van der Waals surface area contributed by atoms with Gasteiger partial charge in [-0.05, 0) is 24.3 Å². The molecule has 0 aromatic carbocycles. The Kier molecular flexibility index (Phi) is 12.2. The first kappa shape index (κ1) is 12.6. The van der Waals surface area contributed by atoms with Crippen molar-refractivity contribution in [1.82, 2.24) is 0 Å². The van der Waals surface area contributed by atoms with Crippen LogP contribution in [-0.4, -0.2) is 46.4 Å². The molecule has 0 heterocycles. The summed E-state index contributed by atoms with van der Waals surface area (Å²) in [5, 5.41) is 17.0. The molecule has 0 fully saturated rings. The van der Waals surface area contributed by atoms with Gasteiger partial charge in [-0.2, -0.15) is 23.5 Å². The van der Waals surface area contributed by atoms with Crippen LogP contribution in [0.5, 0.6) is 0 Å². The third kappa shape index (κ3) is 10.6. The second-order valence-corrected chi connectivity index (χ2v) is 4.83. The van der Waals surface area contributed by atoms with Crippen LogP contribution >= 0.6 is 23.5 Å². The van der Waals surface area contributed by atoms with Gasteiger partial charge in [-0.15, -0.1) is 0 Å². The molecule has 0 amide bonds. The van der Waals surface area contributed by atoms with E-state index in [2.05, 4.69) is 0 Å². The summed E-state index contributed by atoms with van der Waals surface area (Å²) in [7, 11) is 0. The predicted octanol–water partition coefficient (Wildman–Crippen LogP) is 1.22. The molecule has 0 atom stereocenters. The molecule has 0 rings (SSSR count). The number of aliphatic hydroxyl groups is 2. The van der Waals surface area contributed by atoms with Crippen LogP contribution in [0.4, 0.5) is 0 Å². The van der Waals surface area contributed by atoms with Gasteiger partial charge >= 0.3 is 0 Å². The summed E-state index contributed by atoms with van der Waals surface area (Å²) in [5.41, 5.74) is 0. The van der Waals surface area contributed by atoms with Crippen LogP contribution in [0, 0.1) is 0 Å². The molecule has 0 radical (unpaired) electrons. The Morgan fingerprint density at radius 3 is 1.42 bits per heavy atom. The maximum atomic E-state index is 8.49. The lowest BCUT2D eigenvalue weighted by atomic mass is 10.5. The van der Waals surface area contributed by atoms with Crippen molar-refractivity contribution in [2.45, 2.75) is 12.8 Å². The van der Waals surface area contributed by atoms with Crippen molar-refractivity contribution < 1.29 is 10.2 Å². The topological polar surface area (TPSA) is 40.5 Å². The lowest BCUT2D eigenvalue weighted by molar-refractivity contribution is 0.296. The van der Waals surface area contributed by atoms with E-state index in [0.29, 0.717) is 13.2 Å². The smallest absolute Gasteiger partial charge is 0.0438 e. The van der Waals surface area contributed by atoms with E-state index in [1.54, 1.807) is 0 Å². The Morgan fingerprint density at radius 2 is 1.08 bits per heavy atom.